The predicted molar refractivity (Wildman–Crippen MR) is 131 cm³/mol. The molecule has 0 unspecified atom stereocenters. The van der Waals surface area contributed by atoms with Gasteiger partial charge in [-0.1, -0.05) is 43.7 Å². The molecule has 2 aliphatic rings. The van der Waals surface area contributed by atoms with Crippen molar-refractivity contribution in [3.8, 4) is 11.1 Å². The number of amides is 2. The predicted octanol–water partition coefficient (Wildman–Crippen LogP) is 5.27. The number of likely N-dealkylation sites (tertiary alicyclic amines) is 1. The average molecular weight is 450 g/mol. The summed E-state index contributed by atoms with van der Waals surface area (Å²) >= 11 is 0. The van der Waals surface area contributed by atoms with Crippen LogP contribution >= 0.6 is 0 Å². The van der Waals surface area contributed by atoms with Crippen molar-refractivity contribution < 1.29 is 14.3 Å². The molecule has 0 bridgehead atoms. The van der Waals surface area contributed by atoms with E-state index >= 15 is 0 Å². The van der Waals surface area contributed by atoms with Crippen LogP contribution in [0.2, 0.25) is 0 Å². The quantitative estimate of drug-likeness (QED) is 0.675. The standard InChI is InChI=1S/C27H35N3O3/c1-4-23-17-25(28-27(32)33-3)24-16-22(12-13-26(24)30(23)19(2)31)21-10-8-20(9-11-21)18-29-14-6-5-7-15-29/h8-13,16,23,25H,4-7,14-15,17-18H2,1-3H3,(H,28,32)/t23-,25+/m0/s1. The minimum atomic E-state index is -0.454. The second kappa shape index (κ2) is 10.4. The summed E-state index contributed by atoms with van der Waals surface area (Å²) < 4.78 is 4.87. The van der Waals surface area contributed by atoms with Crippen LogP contribution in [0.5, 0.6) is 0 Å². The highest BCUT2D eigenvalue weighted by atomic mass is 16.5. The van der Waals surface area contributed by atoms with E-state index in [1.165, 1.54) is 45.0 Å². The maximum absolute atomic E-state index is 12.5. The van der Waals surface area contributed by atoms with Gasteiger partial charge < -0.3 is 15.0 Å². The van der Waals surface area contributed by atoms with Gasteiger partial charge in [0.05, 0.1) is 13.2 Å². The van der Waals surface area contributed by atoms with Crippen LogP contribution in [-0.4, -0.2) is 43.1 Å². The summed E-state index contributed by atoms with van der Waals surface area (Å²) in [6, 6.07) is 14.8. The number of anilines is 1. The summed E-state index contributed by atoms with van der Waals surface area (Å²) in [6.45, 7) is 7.05. The zero-order valence-electron chi connectivity index (χ0n) is 20.0. The van der Waals surface area contributed by atoms with Crippen LogP contribution < -0.4 is 10.2 Å². The second-order valence-corrected chi connectivity index (χ2v) is 9.18. The van der Waals surface area contributed by atoms with Gasteiger partial charge in [0, 0.05) is 25.2 Å². The van der Waals surface area contributed by atoms with Gasteiger partial charge in [-0.2, -0.15) is 0 Å². The number of fused-ring (bicyclic) bond motifs is 1. The Hall–Kier alpha value is -2.86. The lowest BCUT2D eigenvalue weighted by Gasteiger charge is -2.40. The molecule has 2 aromatic carbocycles. The number of benzene rings is 2. The number of carbonyl (C=O) groups is 2. The molecule has 1 N–H and O–H groups in total. The number of ether oxygens (including phenoxy) is 1. The SMILES string of the molecule is CC[C@H]1C[C@@H](NC(=O)OC)c2cc(-c3ccc(CN4CCCCC4)cc3)ccc2N1C(C)=O. The highest BCUT2D eigenvalue weighted by Gasteiger charge is 2.35. The van der Waals surface area contributed by atoms with Crippen molar-refractivity contribution in [1.82, 2.24) is 10.2 Å². The molecule has 6 nitrogen and oxygen atoms in total. The van der Waals surface area contributed by atoms with E-state index in [0.717, 1.165) is 35.3 Å². The summed E-state index contributed by atoms with van der Waals surface area (Å²) in [4.78, 5) is 28.9. The number of carbonyl (C=O) groups excluding carboxylic acids is 2. The zero-order valence-corrected chi connectivity index (χ0v) is 20.0. The van der Waals surface area contributed by atoms with Crippen LogP contribution in [0.25, 0.3) is 11.1 Å². The topological polar surface area (TPSA) is 61.9 Å². The van der Waals surface area contributed by atoms with E-state index in [-0.39, 0.29) is 18.0 Å². The first-order valence-corrected chi connectivity index (χ1v) is 12.1. The number of alkyl carbamates (subject to hydrolysis) is 1. The van der Waals surface area contributed by atoms with Crippen LogP contribution in [0.4, 0.5) is 10.5 Å². The lowest BCUT2D eigenvalue weighted by atomic mass is 9.87. The van der Waals surface area contributed by atoms with Crippen molar-refractivity contribution in [2.75, 3.05) is 25.1 Å². The van der Waals surface area contributed by atoms with Crippen LogP contribution in [0.3, 0.4) is 0 Å². The van der Waals surface area contributed by atoms with E-state index in [9.17, 15) is 9.59 Å². The summed E-state index contributed by atoms with van der Waals surface area (Å²) in [5, 5.41) is 2.98. The van der Waals surface area contributed by atoms with Gasteiger partial charge in [0.25, 0.3) is 0 Å². The van der Waals surface area contributed by atoms with E-state index in [0.29, 0.717) is 6.42 Å². The summed E-state index contributed by atoms with van der Waals surface area (Å²) in [5.74, 6) is 0.0226. The fraction of sp³-hybridized carbons (Fsp3) is 0.481. The summed E-state index contributed by atoms with van der Waals surface area (Å²) in [5.41, 5.74) is 5.36. The van der Waals surface area contributed by atoms with E-state index in [4.69, 9.17) is 4.74 Å². The number of nitrogens with one attached hydrogen (secondary N) is 1. The van der Waals surface area contributed by atoms with E-state index in [2.05, 4.69) is 53.5 Å². The molecule has 1 saturated heterocycles. The fourth-order valence-corrected chi connectivity index (χ4v) is 5.23. The number of piperidine rings is 1. The van der Waals surface area contributed by atoms with Gasteiger partial charge in [-0.3, -0.25) is 9.69 Å². The van der Waals surface area contributed by atoms with Gasteiger partial charge >= 0.3 is 6.09 Å². The molecule has 2 atom stereocenters. The highest BCUT2D eigenvalue weighted by molar-refractivity contribution is 5.94. The maximum Gasteiger partial charge on any atom is 0.407 e. The van der Waals surface area contributed by atoms with Crippen molar-refractivity contribution in [3.63, 3.8) is 0 Å². The van der Waals surface area contributed by atoms with E-state index < -0.39 is 6.09 Å². The Balaban J connectivity index is 1.62. The molecular formula is C27H35N3O3. The number of hydrogen-bond acceptors (Lipinski definition) is 4. The van der Waals surface area contributed by atoms with Gasteiger partial charge in [-0.15, -0.1) is 0 Å². The van der Waals surface area contributed by atoms with Crippen molar-refractivity contribution in [2.45, 2.75) is 64.6 Å². The van der Waals surface area contributed by atoms with Crippen molar-refractivity contribution >= 4 is 17.7 Å². The summed E-state index contributed by atoms with van der Waals surface area (Å²) in [6.07, 6.45) is 4.97. The van der Waals surface area contributed by atoms with Gasteiger partial charge in [-0.25, -0.2) is 4.79 Å². The molecule has 1 fully saturated rings. The number of hydrogen-bond donors (Lipinski definition) is 1. The molecule has 33 heavy (non-hydrogen) atoms. The minimum absolute atomic E-state index is 0.0226. The number of nitrogens with zero attached hydrogens (tertiary/aromatic N) is 2. The largest absolute Gasteiger partial charge is 0.453 e. The average Bonchev–Trinajstić information content (AvgIpc) is 2.84. The molecule has 2 amide bonds. The van der Waals surface area contributed by atoms with Gasteiger partial charge in [0.2, 0.25) is 5.91 Å². The lowest BCUT2D eigenvalue weighted by molar-refractivity contribution is -0.117. The third kappa shape index (κ3) is 5.22. The third-order valence-electron chi connectivity index (χ3n) is 6.97. The Kier molecular flexibility index (Phi) is 7.33. The molecule has 0 saturated carbocycles. The smallest absolute Gasteiger partial charge is 0.407 e. The van der Waals surface area contributed by atoms with E-state index in [1.54, 1.807) is 6.92 Å². The van der Waals surface area contributed by atoms with Crippen molar-refractivity contribution in [3.05, 3.63) is 53.6 Å². The fourth-order valence-electron chi connectivity index (χ4n) is 5.23. The van der Waals surface area contributed by atoms with Crippen LogP contribution in [0.15, 0.2) is 42.5 Å². The van der Waals surface area contributed by atoms with Crippen molar-refractivity contribution in [1.29, 1.82) is 0 Å². The summed E-state index contributed by atoms with van der Waals surface area (Å²) in [7, 11) is 1.38. The lowest BCUT2D eigenvalue weighted by Crippen LogP contribution is -2.46. The molecule has 2 aromatic rings. The van der Waals surface area contributed by atoms with Gasteiger partial charge in [0.1, 0.15) is 0 Å². The minimum Gasteiger partial charge on any atom is -0.453 e. The Morgan fingerprint density at radius 3 is 2.36 bits per heavy atom. The Bertz CT molecular complexity index is 983. The molecule has 6 heteroatoms. The molecule has 4 rings (SSSR count). The molecule has 2 aliphatic heterocycles. The highest BCUT2D eigenvalue weighted by Crippen LogP contribution is 2.40. The molecular weight excluding hydrogens is 414 g/mol. The first-order valence-electron chi connectivity index (χ1n) is 12.1. The number of rotatable bonds is 5. The van der Waals surface area contributed by atoms with Crippen molar-refractivity contribution in [2.24, 2.45) is 0 Å². The first kappa shape index (κ1) is 23.3. The van der Waals surface area contributed by atoms with Crippen LogP contribution in [0, 0.1) is 0 Å². The van der Waals surface area contributed by atoms with E-state index in [1.807, 2.05) is 11.0 Å². The Labute approximate surface area is 196 Å². The Morgan fingerprint density at radius 2 is 1.73 bits per heavy atom. The van der Waals surface area contributed by atoms with Gasteiger partial charge in [-0.05, 0) is 73.2 Å². The van der Waals surface area contributed by atoms with Crippen LogP contribution in [0.1, 0.15) is 63.1 Å². The monoisotopic (exact) mass is 449 g/mol. The first-order chi connectivity index (χ1) is 16.0. The number of methoxy groups -OCH3 is 1. The molecule has 0 aliphatic carbocycles. The zero-order chi connectivity index (χ0) is 23.4. The third-order valence-corrected chi connectivity index (χ3v) is 6.97. The molecule has 2 heterocycles. The van der Waals surface area contributed by atoms with Gasteiger partial charge in [0.15, 0.2) is 0 Å². The molecule has 0 spiro atoms. The normalized spacial score (nSPS) is 20.8. The molecule has 176 valence electrons. The van der Waals surface area contributed by atoms with Crippen LogP contribution in [-0.2, 0) is 16.1 Å². The molecule has 0 aromatic heterocycles. The second-order valence-electron chi connectivity index (χ2n) is 9.18. The Morgan fingerprint density at radius 1 is 1.03 bits per heavy atom. The molecule has 0 radical (unpaired) electrons. The maximum atomic E-state index is 12.5.